The van der Waals surface area contributed by atoms with E-state index in [9.17, 15) is 0 Å². The number of nitrogens with zero attached hydrogens (tertiary/aromatic N) is 1. The fraction of sp³-hybridized carbons (Fsp3) is 0. The number of anilines is 3. The highest BCUT2D eigenvalue weighted by Crippen LogP contribution is 2.47. The molecule has 0 aliphatic heterocycles. The van der Waals surface area contributed by atoms with Gasteiger partial charge in [0.05, 0.1) is 5.69 Å². The van der Waals surface area contributed by atoms with Crippen LogP contribution < -0.4 is 4.90 Å². The summed E-state index contributed by atoms with van der Waals surface area (Å²) in [5, 5.41) is 10.2. The topological polar surface area (TPSA) is 3.24 Å². The lowest BCUT2D eigenvalue weighted by Crippen LogP contribution is -2.10. The summed E-state index contributed by atoms with van der Waals surface area (Å²) in [6.45, 7) is 0. The van der Waals surface area contributed by atoms with Gasteiger partial charge in [-0.2, -0.15) is 0 Å². The van der Waals surface area contributed by atoms with Gasteiger partial charge < -0.3 is 4.90 Å². The van der Waals surface area contributed by atoms with Crippen LogP contribution in [0.15, 0.2) is 212 Å². The Balaban J connectivity index is 1.07. The maximum atomic E-state index is 2.44. The standard InChI is InChI=1S/C54H35NS/c1-2-13-36(14-3-1)37-25-29-42(30-26-37)55(51-23-12-24-52-54(51)50-33-39-15-4-5-16-40(39)35-53(50)56-52)43-31-27-38(28-32-43)44-18-8-9-21-47(44)49-34-41-17-6-7-19-45(41)46-20-10-11-22-48(46)49/h1-35H. The number of fused-ring (bicyclic) bond motifs is 7. The van der Waals surface area contributed by atoms with Gasteiger partial charge in [-0.1, -0.05) is 158 Å². The van der Waals surface area contributed by atoms with Crippen LogP contribution in [0.3, 0.4) is 0 Å². The molecule has 0 aliphatic carbocycles. The molecule has 0 saturated heterocycles. The molecule has 0 fully saturated rings. The molecule has 0 amide bonds. The second-order valence-corrected chi connectivity index (χ2v) is 15.6. The summed E-state index contributed by atoms with van der Waals surface area (Å²) in [6, 6.07) is 77.7. The zero-order valence-corrected chi connectivity index (χ0v) is 31.4. The van der Waals surface area contributed by atoms with Gasteiger partial charge in [0.2, 0.25) is 0 Å². The van der Waals surface area contributed by atoms with Gasteiger partial charge in [0.25, 0.3) is 0 Å². The lowest BCUT2D eigenvalue weighted by Gasteiger charge is -2.27. The summed E-state index contributed by atoms with van der Waals surface area (Å²) in [5.41, 5.74) is 10.7. The summed E-state index contributed by atoms with van der Waals surface area (Å²) in [7, 11) is 0. The van der Waals surface area contributed by atoms with Gasteiger partial charge >= 0.3 is 0 Å². The molecule has 1 heterocycles. The summed E-state index contributed by atoms with van der Waals surface area (Å²) >= 11 is 1.87. The fourth-order valence-electron chi connectivity index (χ4n) is 8.58. The number of thiophene rings is 1. The van der Waals surface area contributed by atoms with E-state index in [1.165, 1.54) is 91.6 Å². The minimum absolute atomic E-state index is 1.11. The second-order valence-electron chi connectivity index (χ2n) is 14.5. The van der Waals surface area contributed by atoms with Crippen molar-refractivity contribution < 1.29 is 0 Å². The largest absolute Gasteiger partial charge is 0.310 e. The summed E-state index contributed by atoms with van der Waals surface area (Å²) in [5.74, 6) is 0. The molecule has 1 aromatic heterocycles. The van der Waals surface area contributed by atoms with E-state index in [0.717, 1.165) is 11.4 Å². The van der Waals surface area contributed by atoms with Crippen molar-refractivity contribution in [3.63, 3.8) is 0 Å². The van der Waals surface area contributed by atoms with Crippen LogP contribution in [0.4, 0.5) is 17.1 Å². The first-order chi connectivity index (χ1) is 27.8. The predicted molar refractivity (Wildman–Crippen MR) is 243 cm³/mol. The summed E-state index contributed by atoms with van der Waals surface area (Å²) < 4.78 is 2.59. The van der Waals surface area contributed by atoms with E-state index in [2.05, 4.69) is 217 Å². The van der Waals surface area contributed by atoms with Gasteiger partial charge in [-0.05, 0) is 120 Å². The molecule has 0 N–H and O–H groups in total. The van der Waals surface area contributed by atoms with Crippen LogP contribution in [0.2, 0.25) is 0 Å². The van der Waals surface area contributed by atoms with Crippen LogP contribution in [0, 0.1) is 0 Å². The lowest BCUT2D eigenvalue weighted by molar-refractivity contribution is 1.30. The molecule has 10 aromatic carbocycles. The molecular formula is C54H35NS. The highest BCUT2D eigenvalue weighted by Gasteiger charge is 2.20. The first kappa shape index (κ1) is 32.4. The lowest BCUT2D eigenvalue weighted by atomic mass is 9.89. The van der Waals surface area contributed by atoms with Crippen molar-refractivity contribution in [3.8, 4) is 33.4 Å². The van der Waals surface area contributed by atoms with Crippen molar-refractivity contribution in [2.75, 3.05) is 4.90 Å². The van der Waals surface area contributed by atoms with Crippen molar-refractivity contribution in [2.24, 2.45) is 0 Å². The summed E-state index contributed by atoms with van der Waals surface area (Å²) in [6.07, 6.45) is 0. The third-order valence-corrected chi connectivity index (χ3v) is 12.4. The Kier molecular flexibility index (Phi) is 7.75. The van der Waals surface area contributed by atoms with E-state index in [-0.39, 0.29) is 0 Å². The minimum atomic E-state index is 1.11. The predicted octanol–water partition coefficient (Wildman–Crippen LogP) is 16.0. The van der Waals surface area contributed by atoms with Crippen LogP contribution in [0.25, 0.3) is 85.9 Å². The number of benzene rings is 10. The molecule has 1 nitrogen and oxygen atoms in total. The molecule has 2 heteroatoms. The average Bonchev–Trinajstić information content (AvgIpc) is 3.64. The molecule has 0 unspecified atom stereocenters. The Morgan fingerprint density at radius 3 is 1.62 bits per heavy atom. The van der Waals surface area contributed by atoms with Crippen molar-refractivity contribution in [3.05, 3.63) is 212 Å². The third-order valence-electron chi connectivity index (χ3n) is 11.2. The Bertz CT molecular complexity index is 3230. The van der Waals surface area contributed by atoms with Gasteiger partial charge in [0, 0.05) is 31.5 Å². The van der Waals surface area contributed by atoms with E-state index >= 15 is 0 Å². The Labute approximate surface area is 330 Å². The normalized spacial score (nSPS) is 11.6. The molecule has 0 spiro atoms. The fourth-order valence-corrected chi connectivity index (χ4v) is 9.73. The van der Waals surface area contributed by atoms with E-state index in [0.29, 0.717) is 0 Å². The monoisotopic (exact) mass is 729 g/mol. The maximum Gasteiger partial charge on any atom is 0.0554 e. The molecular weight excluding hydrogens is 695 g/mol. The molecule has 11 aromatic rings. The molecule has 0 saturated carbocycles. The molecule has 56 heavy (non-hydrogen) atoms. The number of hydrogen-bond donors (Lipinski definition) is 0. The van der Waals surface area contributed by atoms with Crippen molar-refractivity contribution >= 4 is 80.9 Å². The molecule has 262 valence electrons. The van der Waals surface area contributed by atoms with E-state index < -0.39 is 0 Å². The maximum absolute atomic E-state index is 2.44. The highest BCUT2D eigenvalue weighted by atomic mass is 32.1. The molecule has 11 rings (SSSR count). The first-order valence-electron chi connectivity index (χ1n) is 19.2. The van der Waals surface area contributed by atoms with Crippen LogP contribution in [0.5, 0.6) is 0 Å². The molecule has 0 aliphatic rings. The van der Waals surface area contributed by atoms with Crippen LogP contribution in [0.1, 0.15) is 0 Å². The highest BCUT2D eigenvalue weighted by molar-refractivity contribution is 7.26. The van der Waals surface area contributed by atoms with Crippen molar-refractivity contribution in [1.82, 2.24) is 0 Å². The SMILES string of the molecule is c1ccc(-c2ccc(N(c3ccc(-c4ccccc4-c4cc5ccccc5c5ccccc45)cc3)c3cccc4sc5cc6ccccc6cc5c34)cc2)cc1. The third kappa shape index (κ3) is 5.46. The minimum Gasteiger partial charge on any atom is -0.310 e. The Morgan fingerprint density at radius 1 is 0.304 bits per heavy atom. The molecule has 0 radical (unpaired) electrons. The van der Waals surface area contributed by atoms with Gasteiger partial charge in [0.1, 0.15) is 0 Å². The molecule has 0 bridgehead atoms. The van der Waals surface area contributed by atoms with Gasteiger partial charge in [-0.25, -0.2) is 0 Å². The molecule has 0 atom stereocenters. The van der Waals surface area contributed by atoms with Crippen molar-refractivity contribution in [2.45, 2.75) is 0 Å². The number of hydrogen-bond acceptors (Lipinski definition) is 2. The van der Waals surface area contributed by atoms with Gasteiger partial charge in [-0.15, -0.1) is 11.3 Å². The van der Waals surface area contributed by atoms with E-state index in [4.69, 9.17) is 0 Å². The van der Waals surface area contributed by atoms with Gasteiger partial charge in [-0.3, -0.25) is 0 Å². The quantitative estimate of drug-likeness (QED) is 0.154. The van der Waals surface area contributed by atoms with Crippen molar-refractivity contribution in [1.29, 1.82) is 0 Å². The Hall–Kier alpha value is -7.00. The van der Waals surface area contributed by atoms with Gasteiger partial charge in [0.15, 0.2) is 0 Å². The van der Waals surface area contributed by atoms with Crippen LogP contribution >= 0.6 is 11.3 Å². The van der Waals surface area contributed by atoms with Crippen LogP contribution in [-0.2, 0) is 0 Å². The summed E-state index contributed by atoms with van der Waals surface area (Å²) in [4.78, 5) is 2.44. The zero-order valence-electron chi connectivity index (χ0n) is 30.6. The van der Waals surface area contributed by atoms with Crippen LogP contribution in [-0.4, -0.2) is 0 Å². The zero-order chi connectivity index (χ0) is 37.0. The smallest absolute Gasteiger partial charge is 0.0554 e. The first-order valence-corrected chi connectivity index (χ1v) is 20.0. The van der Waals surface area contributed by atoms with E-state index in [1.54, 1.807) is 0 Å². The average molecular weight is 730 g/mol. The second kappa shape index (κ2) is 13.4. The Morgan fingerprint density at radius 2 is 0.875 bits per heavy atom. The number of rotatable bonds is 6. The van der Waals surface area contributed by atoms with E-state index in [1.807, 2.05) is 11.3 Å².